The van der Waals surface area contributed by atoms with Crippen LogP contribution in [0.15, 0.2) is 36.5 Å². The zero-order valence-corrected chi connectivity index (χ0v) is 15.3. The predicted molar refractivity (Wildman–Crippen MR) is 101 cm³/mol. The minimum atomic E-state index is -0.0143. The first kappa shape index (κ1) is 17.9. The van der Waals surface area contributed by atoms with Gasteiger partial charge in [-0.15, -0.1) is 0 Å². The number of pyridine rings is 1. The van der Waals surface area contributed by atoms with Crippen molar-refractivity contribution in [2.45, 2.75) is 0 Å². The summed E-state index contributed by atoms with van der Waals surface area (Å²) in [7, 11) is 0. The van der Waals surface area contributed by atoms with Crippen LogP contribution >= 0.6 is 0 Å². The number of ether oxygens (including phenoxy) is 1. The second-order valence-electron chi connectivity index (χ2n) is 6.94. The molecule has 0 atom stereocenters. The summed E-state index contributed by atoms with van der Waals surface area (Å²) >= 11 is 0. The molecule has 0 bridgehead atoms. The molecule has 2 saturated heterocycles. The number of fused-ring (bicyclic) bond motifs is 1. The second kappa shape index (κ2) is 8.02. The van der Waals surface area contributed by atoms with Crippen LogP contribution in [0.2, 0.25) is 0 Å². The molecule has 0 aliphatic carbocycles. The molecule has 2 aliphatic rings. The van der Waals surface area contributed by atoms with Gasteiger partial charge in [0.15, 0.2) is 0 Å². The average molecular weight is 368 g/mol. The third kappa shape index (κ3) is 3.94. The van der Waals surface area contributed by atoms with Gasteiger partial charge in [-0.25, -0.2) is 0 Å². The summed E-state index contributed by atoms with van der Waals surface area (Å²) in [5.41, 5.74) is 1.36. The molecule has 0 spiro atoms. The zero-order valence-electron chi connectivity index (χ0n) is 15.3. The van der Waals surface area contributed by atoms with Crippen LogP contribution in [0.25, 0.3) is 10.9 Å². The Hall–Kier alpha value is -2.51. The van der Waals surface area contributed by atoms with Crippen molar-refractivity contribution in [3.8, 4) is 0 Å². The Morgan fingerprint density at radius 3 is 2.41 bits per heavy atom. The van der Waals surface area contributed by atoms with Crippen molar-refractivity contribution in [3.05, 3.63) is 42.1 Å². The standard InChI is InChI=1S/C20H24N4O3/c25-18(15-22-11-13-27-14-12-22)23-7-9-24(10-8-23)20(26)17-5-1-3-16-4-2-6-21-19(16)17/h1-6H,7-15H2. The molecule has 7 nitrogen and oxygen atoms in total. The van der Waals surface area contributed by atoms with E-state index in [9.17, 15) is 9.59 Å². The van der Waals surface area contributed by atoms with Gasteiger partial charge in [0.05, 0.1) is 30.8 Å². The lowest BCUT2D eigenvalue weighted by Gasteiger charge is -2.36. The van der Waals surface area contributed by atoms with E-state index in [1.807, 2.05) is 40.1 Å². The zero-order chi connectivity index (χ0) is 18.6. The van der Waals surface area contributed by atoms with Crippen LogP contribution in [-0.4, -0.2) is 90.5 Å². The molecule has 1 aromatic heterocycles. The van der Waals surface area contributed by atoms with Crippen LogP contribution in [0.4, 0.5) is 0 Å². The Labute approximate surface area is 158 Å². The largest absolute Gasteiger partial charge is 0.379 e. The lowest BCUT2D eigenvalue weighted by molar-refractivity contribution is -0.134. The highest BCUT2D eigenvalue weighted by atomic mass is 16.5. The molecular weight excluding hydrogens is 344 g/mol. The molecule has 2 aromatic rings. The van der Waals surface area contributed by atoms with Crippen molar-refractivity contribution < 1.29 is 14.3 Å². The number of nitrogens with zero attached hydrogens (tertiary/aromatic N) is 4. The molecular formula is C20H24N4O3. The SMILES string of the molecule is O=C(CN1CCOCC1)N1CCN(C(=O)c2cccc3cccnc23)CC1. The molecule has 4 rings (SSSR count). The molecule has 142 valence electrons. The fourth-order valence-corrected chi connectivity index (χ4v) is 3.66. The normalized spacial score (nSPS) is 18.7. The number of para-hydroxylation sites is 1. The number of benzene rings is 1. The lowest BCUT2D eigenvalue weighted by atomic mass is 10.1. The highest BCUT2D eigenvalue weighted by Crippen LogP contribution is 2.18. The van der Waals surface area contributed by atoms with Gasteiger partial charge < -0.3 is 14.5 Å². The topological polar surface area (TPSA) is 66.0 Å². The van der Waals surface area contributed by atoms with Gasteiger partial charge in [-0.2, -0.15) is 0 Å². The first-order valence-corrected chi connectivity index (χ1v) is 9.43. The van der Waals surface area contributed by atoms with Crippen LogP contribution < -0.4 is 0 Å². The third-order valence-electron chi connectivity index (χ3n) is 5.25. The van der Waals surface area contributed by atoms with E-state index < -0.39 is 0 Å². The molecule has 2 amide bonds. The maximum Gasteiger partial charge on any atom is 0.256 e. The van der Waals surface area contributed by atoms with Crippen molar-refractivity contribution in [3.63, 3.8) is 0 Å². The number of carbonyl (C=O) groups excluding carboxylic acids is 2. The van der Waals surface area contributed by atoms with E-state index in [0.29, 0.717) is 51.5 Å². The Balaban J connectivity index is 1.37. The van der Waals surface area contributed by atoms with E-state index in [2.05, 4.69) is 9.88 Å². The van der Waals surface area contributed by atoms with Crippen LogP contribution in [0.1, 0.15) is 10.4 Å². The Morgan fingerprint density at radius 2 is 1.63 bits per heavy atom. The maximum atomic E-state index is 13.0. The van der Waals surface area contributed by atoms with E-state index in [4.69, 9.17) is 4.74 Å². The highest BCUT2D eigenvalue weighted by molar-refractivity contribution is 6.05. The van der Waals surface area contributed by atoms with Crippen LogP contribution in [0.5, 0.6) is 0 Å². The quantitative estimate of drug-likeness (QED) is 0.804. The molecule has 27 heavy (non-hydrogen) atoms. The summed E-state index contributed by atoms with van der Waals surface area (Å²) < 4.78 is 5.32. The van der Waals surface area contributed by atoms with Gasteiger partial charge in [0.25, 0.3) is 5.91 Å². The Bertz CT molecular complexity index is 822. The summed E-state index contributed by atoms with van der Waals surface area (Å²) in [6, 6.07) is 9.51. The fourth-order valence-electron chi connectivity index (χ4n) is 3.66. The van der Waals surface area contributed by atoms with Gasteiger partial charge in [0.2, 0.25) is 5.91 Å². The number of amides is 2. The van der Waals surface area contributed by atoms with Gasteiger partial charge in [-0.05, 0) is 12.1 Å². The van der Waals surface area contributed by atoms with Crippen molar-refractivity contribution >= 4 is 22.7 Å². The molecule has 7 heteroatoms. The Kier molecular flexibility index (Phi) is 5.31. The monoisotopic (exact) mass is 368 g/mol. The van der Waals surface area contributed by atoms with E-state index >= 15 is 0 Å². The second-order valence-corrected chi connectivity index (χ2v) is 6.94. The number of morpholine rings is 1. The molecule has 3 heterocycles. The van der Waals surface area contributed by atoms with Gasteiger partial charge in [0.1, 0.15) is 0 Å². The van der Waals surface area contributed by atoms with Gasteiger partial charge in [0, 0.05) is 50.9 Å². The number of hydrogen-bond acceptors (Lipinski definition) is 5. The van der Waals surface area contributed by atoms with E-state index in [1.165, 1.54) is 0 Å². The number of aromatic nitrogens is 1. The maximum absolute atomic E-state index is 13.0. The number of piperazine rings is 1. The van der Waals surface area contributed by atoms with Gasteiger partial charge in [-0.1, -0.05) is 18.2 Å². The smallest absolute Gasteiger partial charge is 0.256 e. The average Bonchev–Trinajstić information content (AvgIpc) is 2.73. The van der Waals surface area contributed by atoms with Crippen LogP contribution in [0.3, 0.4) is 0 Å². The molecule has 0 radical (unpaired) electrons. The van der Waals surface area contributed by atoms with Crippen LogP contribution in [-0.2, 0) is 9.53 Å². The molecule has 2 aliphatic heterocycles. The molecule has 0 saturated carbocycles. The summed E-state index contributed by atoms with van der Waals surface area (Å²) in [6.07, 6.45) is 1.71. The number of hydrogen-bond donors (Lipinski definition) is 0. The minimum absolute atomic E-state index is 0.0143. The van der Waals surface area contributed by atoms with Gasteiger partial charge >= 0.3 is 0 Å². The summed E-state index contributed by atoms with van der Waals surface area (Å²) in [5.74, 6) is 0.121. The summed E-state index contributed by atoms with van der Waals surface area (Å²) in [6.45, 7) is 5.68. The highest BCUT2D eigenvalue weighted by Gasteiger charge is 2.27. The number of rotatable bonds is 3. The Morgan fingerprint density at radius 1 is 0.926 bits per heavy atom. The van der Waals surface area contributed by atoms with Crippen LogP contribution in [0, 0.1) is 0 Å². The molecule has 2 fully saturated rings. The molecule has 0 unspecified atom stereocenters. The number of carbonyl (C=O) groups is 2. The first-order chi connectivity index (χ1) is 13.2. The van der Waals surface area contributed by atoms with E-state index in [0.717, 1.165) is 24.0 Å². The summed E-state index contributed by atoms with van der Waals surface area (Å²) in [4.78, 5) is 35.7. The van der Waals surface area contributed by atoms with Crippen molar-refractivity contribution in [2.75, 3.05) is 59.0 Å². The molecule has 1 aromatic carbocycles. The third-order valence-corrected chi connectivity index (χ3v) is 5.25. The van der Waals surface area contributed by atoms with E-state index in [1.54, 1.807) is 6.20 Å². The summed E-state index contributed by atoms with van der Waals surface area (Å²) in [5, 5.41) is 0.961. The van der Waals surface area contributed by atoms with Crippen molar-refractivity contribution in [1.82, 2.24) is 19.7 Å². The van der Waals surface area contributed by atoms with E-state index in [-0.39, 0.29) is 11.8 Å². The fraction of sp³-hybridized carbons (Fsp3) is 0.450. The molecule has 0 N–H and O–H groups in total. The van der Waals surface area contributed by atoms with Crippen molar-refractivity contribution in [1.29, 1.82) is 0 Å². The lowest BCUT2D eigenvalue weighted by Crippen LogP contribution is -2.53. The first-order valence-electron chi connectivity index (χ1n) is 9.43. The van der Waals surface area contributed by atoms with Gasteiger partial charge in [-0.3, -0.25) is 19.5 Å². The predicted octanol–water partition coefficient (Wildman–Crippen LogP) is 0.851. The minimum Gasteiger partial charge on any atom is -0.379 e. The van der Waals surface area contributed by atoms with Crippen molar-refractivity contribution in [2.24, 2.45) is 0 Å².